The third-order valence-electron chi connectivity index (χ3n) is 0.983. The molecule has 4 nitrogen and oxygen atoms in total. The molecule has 0 saturated heterocycles. The fourth-order valence-electron chi connectivity index (χ4n) is 0.566. The molecule has 1 rings (SSSR count). The number of aliphatic carboxylic acids is 1. The topological polar surface area (TPSA) is 63.1 Å². The molecule has 0 bridgehead atoms. The summed E-state index contributed by atoms with van der Waals surface area (Å²) >= 11 is 3.14. The third kappa shape index (κ3) is 4.15. The normalized spacial score (nSPS) is 8.75. The molecule has 6 heteroatoms. The van der Waals surface area contributed by atoms with Gasteiger partial charge < -0.3 is 5.11 Å². The van der Waals surface area contributed by atoms with E-state index in [1.54, 1.807) is 0 Å². The van der Waals surface area contributed by atoms with Gasteiger partial charge in [0.15, 0.2) is 0 Å². The van der Waals surface area contributed by atoms with E-state index in [9.17, 15) is 4.79 Å². The van der Waals surface area contributed by atoms with Crippen molar-refractivity contribution in [3.8, 4) is 0 Å². The maximum absolute atomic E-state index is 10.2. The molecular weight excluding hydrogens is 235 g/mol. The fraction of sp³-hybridized carbons (Fsp3) is 0.167. The molecule has 0 aliphatic carbocycles. The number of nitrogens with zero attached hydrogens (tertiary/aromatic N) is 2. The Morgan fingerprint density at radius 2 is 2.00 bits per heavy atom. The second kappa shape index (κ2) is 5.64. The van der Waals surface area contributed by atoms with E-state index >= 15 is 0 Å². The van der Waals surface area contributed by atoms with Crippen LogP contribution in [-0.2, 0) is 11.2 Å². The van der Waals surface area contributed by atoms with Crippen LogP contribution in [-0.4, -0.2) is 50.6 Å². The molecule has 0 aliphatic rings. The Morgan fingerprint density at radius 3 is 2.42 bits per heavy atom. The first-order valence-corrected chi connectivity index (χ1v) is 3.66. The second-order valence-electron chi connectivity index (χ2n) is 1.89. The van der Waals surface area contributed by atoms with Gasteiger partial charge in [-0.1, -0.05) is 0 Å². The smallest absolute Gasteiger partial charge is 0.311 e. The minimum absolute atomic E-state index is 0. The third-order valence-corrected chi connectivity index (χ3v) is 1.39. The molecule has 0 spiro atoms. The van der Waals surface area contributed by atoms with Crippen LogP contribution in [0.1, 0.15) is 5.82 Å². The molecule has 1 aromatic rings. The van der Waals surface area contributed by atoms with E-state index in [-0.39, 0.29) is 36.0 Å². The van der Waals surface area contributed by atoms with Crippen LogP contribution in [0.2, 0.25) is 0 Å². The van der Waals surface area contributed by atoms with E-state index in [1.165, 1.54) is 12.4 Å². The van der Waals surface area contributed by atoms with Crippen molar-refractivity contribution in [3.63, 3.8) is 0 Å². The van der Waals surface area contributed by atoms with Gasteiger partial charge in [0.25, 0.3) is 0 Å². The summed E-state index contributed by atoms with van der Waals surface area (Å²) in [5.74, 6) is -0.604. The largest absolute Gasteiger partial charge is 0.481 e. The van der Waals surface area contributed by atoms with Gasteiger partial charge in [0, 0.05) is 42.0 Å². The minimum Gasteiger partial charge on any atom is -0.481 e. The van der Waals surface area contributed by atoms with Gasteiger partial charge in [0.1, 0.15) is 12.2 Å². The monoisotopic (exact) mass is 239 g/mol. The SMILES string of the molecule is O=C(O)Cc1ncc(Br)cn1.[Na]. The van der Waals surface area contributed by atoms with Crippen LogP contribution < -0.4 is 0 Å². The number of hydrogen-bond donors (Lipinski definition) is 1. The molecule has 1 N–H and O–H groups in total. The van der Waals surface area contributed by atoms with Crippen molar-refractivity contribution >= 4 is 51.5 Å². The zero-order valence-electron chi connectivity index (χ0n) is 6.49. The maximum Gasteiger partial charge on any atom is 0.311 e. The molecule has 0 atom stereocenters. The predicted molar refractivity (Wildman–Crippen MR) is 46.8 cm³/mol. The van der Waals surface area contributed by atoms with Gasteiger partial charge in [0.05, 0.1) is 4.47 Å². The van der Waals surface area contributed by atoms with Gasteiger partial charge in [-0.15, -0.1) is 0 Å². The van der Waals surface area contributed by atoms with Crippen LogP contribution in [0, 0.1) is 0 Å². The van der Waals surface area contributed by atoms with Gasteiger partial charge in [-0.3, -0.25) is 4.79 Å². The molecule has 0 unspecified atom stereocenters. The van der Waals surface area contributed by atoms with Gasteiger partial charge in [-0.05, 0) is 15.9 Å². The Labute approximate surface area is 99.8 Å². The average Bonchev–Trinajstić information content (AvgIpc) is 1.93. The van der Waals surface area contributed by atoms with Crippen molar-refractivity contribution in [2.45, 2.75) is 6.42 Å². The quantitative estimate of drug-likeness (QED) is 0.764. The summed E-state index contributed by atoms with van der Waals surface area (Å²) in [4.78, 5) is 17.7. The molecular formula is C6H5BrN2NaO2. The Hall–Kier alpha value is 0.0300. The summed E-state index contributed by atoms with van der Waals surface area (Å²) < 4.78 is 0.742. The Bertz CT molecular complexity index is 265. The number of carbonyl (C=O) groups is 1. The summed E-state index contributed by atoms with van der Waals surface area (Å²) in [6, 6.07) is 0. The van der Waals surface area contributed by atoms with E-state index in [1.807, 2.05) is 0 Å². The van der Waals surface area contributed by atoms with Crippen molar-refractivity contribution in [1.82, 2.24) is 9.97 Å². The van der Waals surface area contributed by atoms with Crippen LogP contribution in [0.25, 0.3) is 0 Å². The van der Waals surface area contributed by atoms with Crippen LogP contribution in [0.3, 0.4) is 0 Å². The molecule has 0 aromatic carbocycles. The summed E-state index contributed by atoms with van der Waals surface area (Å²) in [5.41, 5.74) is 0. The number of aromatic nitrogens is 2. The first-order valence-electron chi connectivity index (χ1n) is 2.86. The zero-order valence-corrected chi connectivity index (χ0v) is 10.1. The number of carboxylic acid groups (broad SMARTS) is 1. The summed E-state index contributed by atoms with van der Waals surface area (Å²) in [6.45, 7) is 0. The second-order valence-corrected chi connectivity index (χ2v) is 2.80. The van der Waals surface area contributed by atoms with Gasteiger partial charge in [-0.25, -0.2) is 9.97 Å². The minimum atomic E-state index is -0.924. The predicted octanol–water partition coefficient (Wildman–Crippen LogP) is 0.485. The molecule has 1 heterocycles. The fourth-order valence-corrected chi connectivity index (χ4v) is 0.770. The molecule has 1 radical (unpaired) electrons. The molecule has 0 amide bonds. The van der Waals surface area contributed by atoms with Crippen LogP contribution in [0.4, 0.5) is 0 Å². The van der Waals surface area contributed by atoms with E-state index in [0.717, 1.165) is 4.47 Å². The van der Waals surface area contributed by atoms with E-state index < -0.39 is 5.97 Å². The molecule has 0 saturated carbocycles. The Kier molecular flexibility index (Phi) is 5.65. The molecule has 0 fully saturated rings. The van der Waals surface area contributed by atoms with E-state index in [4.69, 9.17) is 5.11 Å². The van der Waals surface area contributed by atoms with Crippen molar-refractivity contribution in [1.29, 1.82) is 0 Å². The molecule has 12 heavy (non-hydrogen) atoms. The van der Waals surface area contributed by atoms with E-state index in [2.05, 4.69) is 25.9 Å². The standard InChI is InChI=1S/C6H5BrN2O2.Na/c7-4-2-8-5(9-3-4)1-6(10)11;/h2-3H,1H2,(H,10,11);. The number of rotatable bonds is 2. The van der Waals surface area contributed by atoms with Gasteiger partial charge in [-0.2, -0.15) is 0 Å². The molecule has 1 aromatic heterocycles. The molecule has 59 valence electrons. The van der Waals surface area contributed by atoms with Crippen molar-refractivity contribution in [2.24, 2.45) is 0 Å². The number of carboxylic acids is 1. The van der Waals surface area contributed by atoms with Crippen molar-refractivity contribution in [2.75, 3.05) is 0 Å². The van der Waals surface area contributed by atoms with E-state index in [0.29, 0.717) is 5.82 Å². The van der Waals surface area contributed by atoms with Crippen LogP contribution >= 0.6 is 15.9 Å². The van der Waals surface area contributed by atoms with Crippen LogP contribution in [0.15, 0.2) is 16.9 Å². The Morgan fingerprint density at radius 1 is 1.50 bits per heavy atom. The summed E-state index contributed by atoms with van der Waals surface area (Å²) in [6.07, 6.45) is 2.91. The average molecular weight is 240 g/mol. The molecule has 0 aliphatic heterocycles. The summed E-state index contributed by atoms with van der Waals surface area (Å²) in [7, 11) is 0. The number of halogens is 1. The number of hydrogen-bond acceptors (Lipinski definition) is 3. The van der Waals surface area contributed by atoms with Crippen molar-refractivity contribution in [3.05, 3.63) is 22.7 Å². The first kappa shape index (κ1) is 12.0. The first-order chi connectivity index (χ1) is 5.18. The zero-order chi connectivity index (χ0) is 8.27. The summed E-state index contributed by atoms with van der Waals surface area (Å²) in [5, 5.41) is 8.34. The Balaban J connectivity index is 0.00000121. The van der Waals surface area contributed by atoms with Gasteiger partial charge in [0.2, 0.25) is 0 Å². The maximum atomic E-state index is 10.2. The van der Waals surface area contributed by atoms with Crippen LogP contribution in [0.5, 0.6) is 0 Å². The van der Waals surface area contributed by atoms with Crippen molar-refractivity contribution < 1.29 is 9.90 Å². The van der Waals surface area contributed by atoms with Gasteiger partial charge >= 0.3 is 5.97 Å².